The Labute approximate surface area is 79.1 Å². The molecule has 0 aliphatic carbocycles. The molecule has 1 aliphatic heterocycles. The number of carbonyl (C=O) groups is 2. The van der Waals surface area contributed by atoms with Crippen LogP contribution in [0, 0.1) is 0 Å². The summed E-state index contributed by atoms with van der Waals surface area (Å²) in [5.74, 6) is -4.20. The van der Waals surface area contributed by atoms with E-state index < -0.39 is 36.4 Å². The van der Waals surface area contributed by atoms with Gasteiger partial charge in [-0.15, -0.1) is 0 Å². The van der Waals surface area contributed by atoms with Gasteiger partial charge >= 0.3 is 5.97 Å². The average Bonchev–Trinajstić information content (AvgIpc) is 2.11. The normalized spacial score (nSPS) is 43.2. The van der Waals surface area contributed by atoms with Crippen molar-refractivity contribution in [1.82, 2.24) is 0 Å². The summed E-state index contributed by atoms with van der Waals surface area (Å²) in [7, 11) is 0. The Kier molecular flexibility index (Phi) is 2.86. The molecule has 80 valence electrons. The van der Waals surface area contributed by atoms with E-state index in [0.29, 0.717) is 0 Å². The maximum absolute atomic E-state index is 10.5. The third kappa shape index (κ3) is 1.75. The van der Waals surface area contributed by atoms with E-state index in [9.17, 15) is 19.8 Å². The van der Waals surface area contributed by atoms with Gasteiger partial charge in [0.2, 0.25) is 0 Å². The Morgan fingerprint density at radius 2 is 2.21 bits per heavy atom. The molecule has 0 bridgehead atoms. The molecule has 0 spiro atoms. The van der Waals surface area contributed by atoms with Gasteiger partial charge in [-0.2, -0.15) is 0 Å². The summed E-state index contributed by atoms with van der Waals surface area (Å²) < 4.78 is 4.57. The second-order valence-corrected chi connectivity index (χ2v) is 3.16. The topological polar surface area (TPSA) is 130 Å². The molecular formula is C7H11NO6. The summed E-state index contributed by atoms with van der Waals surface area (Å²) in [6.45, 7) is 0. The van der Waals surface area contributed by atoms with Gasteiger partial charge in [0.05, 0.1) is 12.1 Å². The van der Waals surface area contributed by atoms with Crippen molar-refractivity contribution in [3.05, 3.63) is 0 Å². The number of aldehydes is 1. The molecule has 4 atom stereocenters. The van der Waals surface area contributed by atoms with E-state index in [2.05, 4.69) is 4.74 Å². The number of hydrogen-bond donors (Lipinski definition) is 4. The molecule has 7 nitrogen and oxygen atoms in total. The van der Waals surface area contributed by atoms with E-state index in [1.54, 1.807) is 0 Å². The van der Waals surface area contributed by atoms with Crippen molar-refractivity contribution in [3.8, 4) is 0 Å². The second kappa shape index (κ2) is 3.62. The molecule has 0 aromatic heterocycles. The maximum Gasteiger partial charge on any atom is 0.364 e. The molecule has 0 aromatic carbocycles. The van der Waals surface area contributed by atoms with E-state index in [1.165, 1.54) is 0 Å². The van der Waals surface area contributed by atoms with Gasteiger partial charge in [0.15, 0.2) is 6.29 Å². The summed E-state index contributed by atoms with van der Waals surface area (Å²) >= 11 is 0. The van der Waals surface area contributed by atoms with Crippen LogP contribution in [0.5, 0.6) is 0 Å². The molecule has 1 saturated heterocycles. The highest BCUT2D eigenvalue weighted by Gasteiger charge is 2.49. The summed E-state index contributed by atoms with van der Waals surface area (Å²) in [4.78, 5) is 21.0. The van der Waals surface area contributed by atoms with E-state index in [4.69, 9.17) is 10.8 Å². The van der Waals surface area contributed by atoms with Crippen LogP contribution in [0.15, 0.2) is 0 Å². The third-order valence-electron chi connectivity index (χ3n) is 2.11. The van der Waals surface area contributed by atoms with Crippen LogP contribution in [-0.4, -0.2) is 51.6 Å². The molecule has 4 unspecified atom stereocenters. The number of aliphatic hydroxyl groups is 2. The van der Waals surface area contributed by atoms with Gasteiger partial charge in [0.25, 0.3) is 5.79 Å². The molecule has 7 heteroatoms. The predicted molar refractivity (Wildman–Crippen MR) is 42.1 cm³/mol. The van der Waals surface area contributed by atoms with Gasteiger partial charge in [-0.05, 0) is 0 Å². The number of carboxylic acid groups (broad SMARTS) is 1. The third-order valence-corrected chi connectivity index (χ3v) is 2.11. The number of ether oxygens (including phenoxy) is 1. The van der Waals surface area contributed by atoms with Crippen molar-refractivity contribution in [1.29, 1.82) is 0 Å². The van der Waals surface area contributed by atoms with Crippen molar-refractivity contribution in [2.75, 3.05) is 0 Å². The van der Waals surface area contributed by atoms with Crippen LogP contribution in [0.3, 0.4) is 0 Å². The van der Waals surface area contributed by atoms with Crippen molar-refractivity contribution in [3.63, 3.8) is 0 Å². The fourth-order valence-corrected chi connectivity index (χ4v) is 1.25. The number of hydrogen-bond acceptors (Lipinski definition) is 6. The quantitative estimate of drug-likeness (QED) is 0.364. The van der Waals surface area contributed by atoms with Crippen LogP contribution in [0.4, 0.5) is 0 Å². The Morgan fingerprint density at radius 3 is 2.64 bits per heavy atom. The highest BCUT2D eigenvalue weighted by molar-refractivity contribution is 5.76. The lowest BCUT2D eigenvalue weighted by atomic mass is 9.94. The first kappa shape index (κ1) is 11.1. The number of rotatable bonds is 2. The van der Waals surface area contributed by atoms with Gasteiger partial charge in [-0.3, -0.25) is 0 Å². The van der Waals surface area contributed by atoms with Crippen LogP contribution in [-0.2, 0) is 14.3 Å². The van der Waals surface area contributed by atoms with Crippen molar-refractivity contribution in [2.45, 2.75) is 30.5 Å². The molecule has 1 aliphatic rings. The molecular weight excluding hydrogens is 194 g/mol. The van der Waals surface area contributed by atoms with Gasteiger partial charge in [0, 0.05) is 6.42 Å². The Balaban J connectivity index is 2.87. The van der Waals surface area contributed by atoms with Gasteiger partial charge in [-0.1, -0.05) is 0 Å². The minimum absolute atomic E-state index is 0.251. The standard InChI is InChI=1S/C7H11NO6/c8-5-3(10)1-7(13,6(11)12)14-4(5)2-9/h2-5,10,13H,1,8H2,(H,11,12). The molecule has 1 heterocycles. The zero-order valence-corrected chi connectivity index (χ0v) is 7.16. The Morgan fingerprint density at radius 1 is 1.64 bits per heavy atom. The molecule has 0 aromatic rings. The zero-order chi connectivity index (χ0) is 10.9. The molecule has 5 N–H and O–H groups in total. The fourth-order valence-electron chi connectivity index (χ4n) is 1.25. The van der Waals surface area contributed by atoms with Crippen LogP contribution in [0.2, 0.25) is 0 Å². The minimum atomic E-state index is -2.54. The lowest BCUT2D eigenvalue weighted by Crippen LogP contribution is -2.61. The van der Waals surface area contributed by atoms with Gasteiger partial charge in [-0.25, -0.2) is 4.79 Å². The highest BCUT2D eigenvalue weighted by Crippen LogP contribution is 2.25. The van der Waals surface area contributed by atoms with Gasteiger partial charge in [0.1, 0.15) is 6.10 Å². The Hall–Kier alpha value is -1.02. The molecule has 1 rings (SSSR count). The fraction of sp³-hybridized carbons (Fsp3) is 0.714. The van der Waals surface area contributed by atoms with Crippen LogP contribution in [0.1, 0.15) is 6.42 Å². The molecule has 0 saturated carbocycles. The van der Waals surface area contributed by atoms with E-state index in [-0.39, 0.29) is 6.29 Å². The minimum Gasteiger partial charge on any atom is -0.477 e. The summed E-state index contributed by atoms with van der Waals surface area (Å²) in [6.07, 6.45) is -2.92. The molecule has 0 amide bonds. The number of aliphatic hydroxyl groups excluding tert-OH is 1. The lowest BCUT2D eigenvalue weighted by Gasteiger charge is -2.38. The maximum atomic E-state index is 10.5. The SMILES string of the molecule is NC1C(O)CC(O)(C(=O)O)OC1C=O. The summed E-state index contributed by atoms with van der Waals surface area (Å²) in [6, 6.07) is -1.02. The Bertz CT molecular complexity index is 257. The number of carbonyl (C=O) groups excluding carboxylic acids is 1. The highest BCUT2D eigenvalue weighted by atomic mass is 16.7. The average molecular weight is 205 g/mol. The van der Waals surface area contributed by atoms with E-state index >= 15 is 0 Å². The monoisotopic (exact) mass is 205 g/mol. The second-order valence-electron chi connectivity index (χ2n) is 3.16. The number of aliphatic carboxylic acids is 1. The molecule has 0 radical (unpaired) electrons. The first-order valence-corrected chi connectivity index (χ1v) is 3.93. The van der Waals surface area contributed by atoms with Crippen molar-refractivity contribution < 1.29 is 29.6 Å². The first-order valence-electron chi connectivity index (χ1n) is 3.93. The smallest absolute Gasteiger partial charge is 0.364 e. The number of nitrogens with two attached hydrogens (primary N) is 1. The van der Waals surface area contributed by atoms with Crippen LogP contribution < -0.4 is 5.73 Å². The first-order chi connectivity index (χ1) is 6.40. The number of carboxylic acids is 1. The summed E-state index contributed by atoms with van der Waals surface area (Å²) in [5, 5.41) is 27.2. The zero-order valence-electron chi connectivity index (χ0n) is 7.16. The molecule has 1 fully saturated rings. The van der Waals surface area contributed by atoms with Crippen molar-refractivity contribution in [2.24, 2.45) is 5.73 Å². The van der Waals surface area contributed by atoms with Gasteiger partial charge < -0.3 is 30.6 Å². The largest absolute Gasteiger partial charge is 0.477 e. The van der Waals surface area contributed by atoms with E-state index in [0.717, 1.165) is 0 Å². The predicted octanol–water partition coefficient (Wildman–Crippen LogP) is -2.56. The van der Waals surface area contributed by atoms with Crippen LogP contribution >= 0.6 is 0 Å². The van der Waals surface area contributed by atoms with Crippen molar-refractivity contribution >= 4 is 12.3 Å². The lowest BCUT2D eigenvalue weighted by molar-refractivity contribution is -0.267. The summed E-state index contributed by atoms with van der Waals surface area (Å²) in [5.41, 5.74) is 5.34. The van der Waals surface area contributed by atoms with E-state index in [1.807, 2.05) is 0 Å². The van der Waals surface area contributed by atoms with Crippen LogP contribution in [0.25, 0.3) is 0 Å². The molecule has 14 heavy (non-hydrogen) atoms.